The molecule has 0 fully saturated rings. The minimum Gasteiger partial charge on any atom is -0.460 e. The summed E-state index contributed by atoms with van der Waals surface area (Å²) in [6.45, 7) is 11.8. The van der Waals surface area contributed by atoms with Gasteiger partial charge in [0.2, 0.25) is 0 Å². The number of carbonyl (C=O) groups excluding carboxylic acids is 3. The number of nitrogens with zero attached hydrogens (tertiary/aromatic N) is 1. The van der Waals surface area contributed by atoms with E-state index >= 15 is 0 Å². The molecule has 0 amide bonds. The second-order valence-corrected chi connectivity index (χ2v) is 9.77. The molecule has 0 rings (SSSR count). The maximum atomic E-state index is 12.2. The normalized spacial score (nSPS) is 12.8. The second kappa shape index (κ2) is 14.9. The number of ether oxygens (including phenoxy) is 3. The molecule has 0 radical (unpaired) electrons. The van der Waals surface area contributed by atoms with Gasteiger partial charge in [-0.1, -0.05) is 19.7 Å². The van der Waals surface area contributed by atoms with E-state index in [1.165, 1.54) is 20.8 Å². The van der Waals surface area contributed by atoms with E-state index in [2.05, 4.69) is 28.8 Å². The van der Waals surface area contributed by atoms with Crippen LogP contribution in [0.5, 0.6) is 0 Å². The van der Waals surface area contributed by atoms with Crippen molar-refractivity contribution in [3.8, 4) is 0 Å². The molecule has 0 spiro atoms. The molecule has 0 aromatic heterocycles. The second-order valence-electron chi connectivity index (χ2n) is 6.32. The van der Waals surface area contributed by atoms with Gasteiger partial charge in [0.25, 0.3) is 0 Å². The number of rotatable bonds is 16. The highest BCUT2D eigenvalue weighted by Gasteiger charge is 2.29. The molecule has 0 saturated carbocycles. The molecule has 0 saturated heterocycles. The summed E-state index contributed by atoms with van der Waals surface area (Å²) in [4.78, 5) is 54.4. The van der Waals surface area contributed by atoms with Gasteiger partial charge in [0.05, 0.1) is 19.8 Å². The van der Waals surface area contributed by atoms with Crippen molar-refractivity contribution in [3.05, 3.63) is 36.5 Å². The monoisotopic (exact) mass is 513 g/mol. The molecule has 0 aliphatic rings. The number of hydrogen-bond donors (Lipinski definition) is 2. The summed E-state index contributed by atoms with van der Waals surface area (Å²) < 4.78 is 44.4. The minimum absolute atomic E-state index is 0.119. The van der Waals surface area contributed by atoms with Crippen molar-refractivity contribution >= 4 is 33.4 Å². The van der Waals surface area contributed by atoms with Crippen LogP contribution in [0.4, 0.5) is 0 Å². The standard InChI is InChI=1S/C18H29NO12P2/c1-13(2)16(20)26-7-10-29-32(23,24)19-33(25,30-11-8-27-17(21)14(3)4)31-12-9-28-18(22)15(5)6/h25H,1,3,5,7-12H2,2,4,6H3,(H,23,24). The van der Waals surface area contributed by atoms with E-state index in [0.717, 1.165) is 0 Å². The van der Waals surface area contributed by atoms with Gasteiger partial charge in [-0.2, -0.15) is 0 Å². The minimum atomic E-state index is -4.85. The predicted octanol–water partition coefficient (Wildman–Crippen LogP) is 2.43. The first-order valence-corrected chi connectivity index (χ1v) is 12.4. The Morgan fingerprint density at radius 1 is 0.667 bits per heavy atom. The van der Waals surface area contributed by atoms with E-state index in [1.54, 1.807) is 0 Å². The predicted molar refractivity (Wildman–Crippen MR) is 117 cm³/mol. The van der Waals surface area contributed by atoms with Crippen LogP contribution in [0.3, 0.4) is 0 Å². The lowest BCUT2D eigenvalue weighted by Crippen LogP contribution is -2.13. The summed E-state index contributed by atoms with van der Waals surface area (Å²) in [6.07, 6.45) is 0. The van der Waals surface area contributed by atoms with Gasteiger partial charge in [-0.05, 0) is 20.8 Å². The third-order valence-electron chi connectivity index (χ3n) is 3.00. The average Bonchev–Trinajstić information content (AvgIpc) is 2.70. The summed E-state index contributed by atoms with van der Waals surface area (Å²) >= 11 is 0. The van der Waals surface area contributed by atoms with Crippen LogP contribution in [-0.4, -0.2) is 67.3 Å². The Balaban J connectivity index is 5.09. The molecule has 33 heavy (non-hydrogen) atoms. The Bertz CT molecular complexity index is 828. The van der Waals surface area contributed by atoms with E-state index in [-0.39, 0.29) is 29.9 Å². The zero-order chi connectivity index (χ0) is 25.7. The SMILES string of the molecule is C=C(C)C(=O)OCCOP(=O)(O)N=P(O)(OCCOC(=O)C(=C)C)OCCOC(=O)C(=C)C. The van der Waals surface area contributed by atoms with Crippen LogP contribution in [0.15, 0.2) is 41.0 Å². The Morgan fingerprint density at radius 3 is 1.27 bits per heavy atom. The number of esters is 3. The van der Waals surface area contributed by atoms with E-state index in [1.807, 2.05) is 0 Å². The number of hydrogen-bond acceptors (Lipinski definition) is 10. The summed E-state index contributed by atoms with van der Waals surface area (Å²) in [6, 6.07) is 0. The van der Waals surface area contributed by atoms with Gasteiger partial charge in [0.1, 0.15) is 19.8 Å². The molecule has 1 unspecified atom stereocenters. The van der Waals surface area contributed by atoms with Crippen LogP contribution in [-0.2, 0) is 46.7 Å². The quantitative estimate of drug-likeness (QED) is 0.101. The zero-order valence-electron chi connectivity index (χ0n) is 18.7. The van der Waals surface area contributed by atoms with Crippen LogP contribution >= 0.6 is 15.5 Å². The van der Waals surface area contributed by atoms with Crippen molar-refractivity contribution in [2.75, 3.05) is 39.6 Å². The molecule has 0 aliphatic carbocycles. The molecule has 0 aliphatic heterocycles. The first-order valence-electron chi connectivity index (χ1n) is 9.30. The lowest BCUT2D eigenvalue weighted by atomic mass is 10.4. The highest BCUT2D eigenvalue weighted by Crippen LogP contribution is 2.59. The topological polar surface area (TPSA) is 176 Å². The molecule has 188 valence electrons. The first-order chi connectivity index (χ1) is 15.2. The van der Waals surface area contributed by atoms with Crippen molar-refractivity contribution in [1.29, 1.82) is 0 Å². The average molecular weight is 513 g/mol. The summed E-state index contributed by atoms with van der Waals surface area (Å²) in [5, 5.41) is 0. The largest absolute Gasteiger partial charge is 0.460 e. The third kappa shape index (κ3) is 14.6. The fraction of sp³-hybridized carbons (Fsp3) is 0.500. The Kier molecular flexibility index (Phi) is 14.0. The molecule has 0 heterocycles. The molecule has 0 bridgehead atoms. The highest BCUT2D eigenvalue weighted by atomic mass is 31.2. The summed E-state index contributed by atoms with van der Waals surface area (Å²) in [5.74, 6) is -2.16. The lowest BCUT2D eigenvalue weighted by molar-refractivity contribution is -0.140. The molecular formula is C18H29NO12P2. The fourth-order valence-corrected chi connectivity index (χ4v) is 4.27. The highest BCUT2D eigenvalue weighted by molar-refractivity contribution is 7.62. The summed E-state index contributed by atoms with van der Waals surface area (Å²) in [5.41, 5.74) is 0.371. The van der Waals surface area contributed by atoms with Gasteiger partial charge in [0, 0.05) is 16.7 Å². The number of carbonyl (C=O) groups is 3. The van der Waals surface area contributed by atoms with Crippen molar-refractivity contribution in [2.45, 2.75) is 20.8 Å². The maximum absolute atomic E-state index is 12.2. The van der Waals surface area contributed by atoms with E-state index in [9.17, 15) is 28.7 Å². The van der Waals surface area contributed by atoms with Gasteiger partial charge in [-0.25, -0.2) is 18.9 Å². The van der Waals surface area contributed by atoms with Crippen molar-refractivity contribution in [3.63, 3.8) is 0 Å². The molecule has 0 aromatic carbocycles. The Labute approximate surface area is 191 Å². The van der Waals surface area contributed by atoms with Crippen molar-refractivity contribution in [1.82, 2.24) is 0 Å². The van der Waals surface area contributed by atoms with Crippen molar-refractivity contribution < 1.29 is 56.5 Å². The van der Waals surface area contributed by atoms with Gasteiger partial charge < -0.3 is 24.0 Å². The van der Waals surface area contributed by atoms with Gasteiger partial charge >= 0.3 is 33.4 Å². The van der Waals surface area contributed by atoms with E-state index in [0.29, 0.717) is 0 Å². The van der Waals surface area contributed by atoms with Crippen LogP contribution < -0.4 is 0 Å². The van der Waals surface area contributed by atoms with Crippen molar-refractivity contribution in [2.24, 2.45) is 4.52 Å². The first kappa shape index (κ1) is 30.9. The van der Waals surface area contributed by atoms with E-state index < -0.39 is 59.8 Å². The van der Waals surface area contributed by atoms with Gasteiger partial charge in [-0.15, -0.1) is 4.52 Å². The molecule has 2 N–H and O–H groups in total. The lowest BCUT2D eigenvalue weighted by Gasteiger charge is -2.19. The van der Waals surface area contributed by atoms with Gasteiger partial charge in [-0.3, -0.25) is 13.6 Å². The molecule has 13 nitrogen and oxygen atoms in total. The van der Waals surface area contributed by atoms with Crippen LogP contribution in [0.25, 0.3) is 0 Å². The Hall–Kier alpha value is -2.11. The molecule has 1 atom stereocenters. The van der Waals surface area contributed by atoms with Crippen LogP contribution in [0.2, 0.25) is 0 Å². The van der Waals surface area contributed by atoms with Crippen LogP contribution in [0.1, 0.15) is 20.8 Å². The maximum Gasteiger partial charge on any atom is 0.455 e. The van der Waals surface area contributed by atoms with Gasteiger partial charge in [0.15, 0.2) is 0 Å². The molecular weight excluding hydrogens is 484 g/mol. The zero-order valence-corrected chi connectivity index (χ0v) is 20.5. The third-order valence-corrected chi connectivity index (χ3v) is 6.36. The Morgan fingerprint density at radius 2 is 0.970 bits per heavy atom. The summed E-state index contributed by atoms with van der Waals surface area (Å²) in [7, 11) is -9.25. The molecule has 15 heteroatoms. The fourth-order valence-electron chi connectivity index (χ4n) is 1.50. The molecule has 0 aromatic rings. The van der Waals surface area contributed by atoms with Crippen LogP contribution in [0, 0.1) is 0 Å². The smallest absolute Gasteiger partial charge is 0.455 e. The van der Waals surface area contributed by atoms with E-state index in [4.69, 9.17) is 23.3 Å².